The summed E-state index contributed by atoms with van der Waals surface area (Å²) in [6.07, 6.45) is 2.02. The number of nitrogens with zero attached hydrogens (tertiary/aromatic N) is 1. The molecule has 1 aliphatic rings. The van der Waals surface area contributed by atoms with Gasteiger partial charge in [-0.3, -0.25) is 4.79 Å². The Morgan fingerprint density at radius 1 is 1.29 bits per heavy atom. The van der Waals surface area contributed by atoms with Crippen molar-refractivity contribution < 1.29 is 9.90 Å². The molecule has 1 unspecified atom stereocenters. The van der Waals surface area contributed by atoms with Crippen molar-refractivity contribution in [1.29, 1.82) is 0 Å². The molecular formula is C16H25N3O2. The second-order valence-electron chi connectivity index (χ2n) is 5.36. The normalized spacial score (nSPS) is 16.7. The molecule has 1 aromatic rings. The number of benzene rings is 1. The summed E-state index contributed by atoms with van der Waals surface area (Å²) >= 11 is 0. The Balaban J connectivity index is 2.20. The molecule has 0 radical (unpaired) electrons. The number of anilines is 2. The fourth-order valence-electron chi connectivity index (χ4n) is 2.70. The van der Waals surface area contributed by atoms with Gasteiger partial charge in [0.1, 0.15) is 6.04 Å². The van der Waals surface area contributed by atoms with E-state index in [4.69, 9.17) is 0 Å². The highest BCUT2D eigenvalue weighted by atomic mass is 16.3. The summed E-state index contributed by atoms with van der Waals surface area (Å²) in [7, 11) is 0. The van der Waals surface area contributed by atoms with Gasteiger partial charge in [-0.1, -0.05) is 19.9 Å². The van der Waals surface area contributed by atoms with Crippen LogP contribution in [0.2, 0.25) is 0 Å². The van der Waals surface area contributed by atoms with E-state index in [9.17, 15) is 9.90 Å². The monoisotopic (exact) mass is 291 g/mol. The summed E-state index contributed by atoms with van der Waals surface area (Å²) in [4.78, 5) is 14.2. The molecule has 2 rings (SSSR count). The van der Waals surface area contributed by atoms with Gasteiger partial charge in [-0.05, 0) is 31.5 Å². The van der Waals surface area contributed by atoms with Crippen LogP contribution < -0.4 is 15.5 Å². The molecule has 1 heterocycles. The second-order valence-corrected chi connectivity index (χ2v) is 5.36. The molecule has 1 aromatic carbocycles. The minimum absolute atomic E-state index is 0.0137. The number of nitrogens with one attached hydrogen (secondary N) is 2. The fourth-order valence-corrected chi connectivity index (χ4v) is 2.70. The molecule has 1 atom stereocenters. The molecule has 0 aromatic heterocycles. The minimum Gasteiger partial charge on any atom is -0.395 e. The predicted molar refractivity (Wildman–Crippen MR) is 85.7 cm³/mol. The molecule has 0 aliphatic carbocycles. The van der Waals surface area contributed by atoms with E-state index in [0.717, 1.165) is 42.9 Å². The van der Waals surface area contributed by atoms with E-state index in [-0.39, 0.29) is 18.6 Å². The number of amides is 1. The molecule has 21 heavy (non-hydrogen) atoms. The summed E-state index contributed by atoms with van der Waals surface area (Å²) in [6.45, 7) is 6.66. The van der Waals surface area contributed by atoms with Gasteiger partial charge in [0.2, 0.25) is 5.91 Å². The summed E-state index contributed by atoms with van der Waals surface area (Å²) in [5.74, 6) is 0.0137. The SMILES string of the molecule is CCCNC1C(=O)Nc2cc(N(CCC)CCO)ccc21. The Labute approximate surface area is 126 Å². The zero-order valence-electron chi connectivity index (χ0n) is 12.9. The quantitative estimate of drug-likeness (QED) is 0.684. The summed E-state index contributed by atoms with van der Waals surface area (Å²) in [5, 5.41) is 15.4. The molecule has 0 spiro atoms. The molecule has 5 nitrogen and oxygen atoms in total. The zero-order chi connectivity index (χ0) is 15.2. The van der Waals surface area contributed by atoms with Crippen LogP contribution in [0.3, 0.4) is 0 Å². The van der Waals surface area contributed by atoms with E-state index in [0.29, 0.717) is 6.54 Å². The Bertz CT molecular complexity index is 484. The molecule has 0 saturated carbocycles. The van der Waals surface area contributed by atoms with E-state index in [2.05, 4.69) is 29.4 Å². The van der Waals surface area contributed by atoms with Crippen molar-refractivity contribution in [3.63, 3.8) is 0 Å². The maximum atomic E-state index is 12.0. The first-order valence-corrected chi connectivity index (χ1v) is 7.75. The van der Waals surface area contributed by atoms with E-state index in [1.165, 1.54) is 0 Å². The van der Waals surface area contributed by atoms with E-state index >= 15 is 0 Å². The topological polar surface area (TPSA) is 64.6 Å². The molecule has 1 aliphatic heterocycles. The third-order valence-electron chi connectivity index (χ3n) is 3.69. The van der Waals surface area contributed by atoms with Crippen molar-refractivity contribution in [2.45, 2.75) is 32.7 Å². The van der Waals surface area contributed by atoms with Gasteiger partial charge in [0.25, 0.3) is 0 Å². The standard InChI is InChI=1S/C16H25N3O2/c1-3-7-17-15-13-6-5-12(11-14(13)18-16(15)21)19(8-4-2)9-10-20/h5-6,11,15,17,20H,3-4,7-10H2,1-2H3,(H,18,21). The maximum absolute atomic E-state index is 12.0. The number of rotatable bonds is 8. The third-order valence-corrected chi connectivity index (χ3v) is 3.69. The van der Waals surface area contributed by atoms with Gasteiger partial charge in [0.15, 0.2) is 0 Å². The fraction of sp³-hybridized carbons (Fsp3) is 0.562. The maximum Gasteiger partial charge on any atom is 0.246 e. The second kappa shape index (κ2) is 7.43. The van der Waals surface area contributed by atoms with Gasteiger partial charge in [-0.25, -0.2) is 0 Å². The molecule has 0 fully saturated rings. The highest BCUT2D eigenvalue weighted by Gasteiger charge is 2.30. The lowest BCUT2D eigenvalue weighted by molar-refractivity contribution is -0.117. The number of hydrogen-bond acceptors (Lipinski definition) is 4. The number of aliphatic hydroxyl groups is 1. The van der Waals surface area contributed by atoms with Gasteiger partial charge in [0.05, 0.1) is 6.61 Å². The Hall–Kier alpha value is -1.59. The molecular weight excluding hydrogens is 266 g/mol. The van der Waals surface area contributed by atoms with Crippen LogP contribution in [0.1, 0.15) is 38.3 Å². The van der Waals surface area contributed by atoms with E-state index in [1.54, 1.807) is 0 Å². The lowest BCUT2D eigenvalue weighted by atomic mass is 10.1. The number of fused-ring (bicyclic) bond motifs is 1. The Morgan fingerprint density at radius 3 is 2.76 bits per heavy atom. The largest absolute Gasteiger partial charge is 0.395 e. The molecule has 5 heteroatoms. The number of hydrogen-bond donors (Lipinski definition) is 3. The van der Waals surface area contributed by atoms with Gasteiger partial charge < -0.3 is 20.6 Å². The smallest absolute Gasteiger partial charge is 0.246 e. The van der Waals surface area contributed by atoms with Gasteiger partial charge in [-0.2, -0.15) is 0 Å². The van der Waals surface area contributed by atoms with E-state index in [1.807, 2.05) is 18.2 Å². The lowest BCUT2D eigenvalue weighted by Gasteiger charge is -2.24. The first-order chi connectivity index (χ1) is 10.2. The van der Waals surface area contributed by atoms with Crippen LogP contribution in [-0.4, -0.2) is 37.3 Å². The van der Waals surface area contributed by atoms with Crippen LogP contribution in [0, 0.1) is 0 Å². The van der Waals surface area contributed by atoms with Crippen molar-refractivity contribution in [2.24, 2.45) is 0 Å². The lowest BCUT2D eigenvalue weighted by Crippen LogP contribution is -2.28. The van der Waals surface area contributed by atoms with Crippen molar-refractivity contribution in [1.82, 2.24) is 5.32 Å². The van der Waals surface area contributed by atoms with Crippen LogP contribution in [0.25, 0.3) is 0 Å². The van der Waals surface area contributed by atoms with Crippen LogP contribution in [0.4, 0.5) is 11.4 Å². The Morgan fingerprint density at radius 2 is 2.10 bits per heavy atom. The number of carbonyl (C=O) groups excluding carboxylic acids is 1. The molecule has 0 bridgehead atoms. The van der Waals surface area contributed by atoms with Crippen molar-refractivity contribution >= 4 is 17.3 Å². The Kier molecular flexibility index (Phi) is 5.59. The summed E-state index contributed by atoms with van der Waals surface area (Å²) in [6, 6.07) is 5.80. The first-order valence-electron chi connectivity index (χ1n) is 7.75. The highest BCUT2D eigenvalue weighted by Crippen LogP contribution is 2.34. The first kappa shape index (κ1) is 15.8. The molecule has 3 N–H and O–H groups in total. The molecule has 0 saturated heterocycles. The average Bonchev–Trinajstić information content (AvgIpc) is 2.79. The van der Waals surface area contributed by atoms with Crippen LogP contribution in [-0.2, 0) is 4.79 Å². The molecule has 1 amide bonds. The van der Waals surface area contributed by atoms with E-state index < -0.39 is 0 Å². The van der Waals surface area contributed by atoms with Crippen molar-refractivity contribution in [3.05, 3.63) is 23.8 Å². The summed E-state index contributed by atoms with van der Waals surface area (Å²) < 4.78 is 0. The number of carbonyl (C=O) groups is 1. The third kappa shape index (κ3) is 3.54. The van der Waals surface area contributed by atoms with Crippen LogP contribution in [0.15, 0.2) is 18.2 Å². The zero-order valence-corrected chi connectivity index (χ0v) is 12.9. The average molecular weight is 291 g/mol. The number of aliphatic hydroxyl groups excluding tert-OH is 1. The van der Waals surface area contributed by atoms with Gasteiger partial charge >= 0.3 is 0 Å². The minimum atomic E-state index is -0.244. The summed E-state index contributed by atoms with van der Waals surface area (Å²) in [5.41, 5.74) is 2.93. The van der Waals surface area contributed by atoms with Crippen LogP contribution >= 0.6 is 0 Å². The van der Waals surface area contributed by atoms with Crippen molar-refractivity contribution in [3.8, 4) is 0 Å². The highest BCUT2D eigenvalue weighted by molar-refractivity contribution is 6.03. The van der Waals surface area contributed by atoms with Gasteiger partial charge in [-0.15, -0.1) is 0 Å². The van der Waals surface area contributed by atoms with Crippen molar-refractivity contribution in [2.75, 3.05) is 36.5 Å². The molecule has 116 valence electrons. The van der Waals surface area contributed by atoms with Gasteiger partial charge in [0, 0.05) is 30.0 Å². The predicted octanol–water partition coefficient (Wildman–Crippen LogP) is 1.89. The van der Waals surface area contributed by atoms with Crippen LogP contribution in [0.5, 0.6) is 0 Å².